The standard InChI is InChI=1S/C7H13N3O5/c8-3(1-5(12)13)7(15)10-4(2-11)6(9)14/h3-4,11H,1-2,8H2,(H2,9,14)(H,10,15)(H,12,13). The van der Waals surface area contributed by atoms with Gasteiger partial charge in [-0.05, 0) is 0 Å². The van der Waals surface area contributed by atoms with Crippen LogP contribution >= 0.6 is 0 Å². The number of aliphatic hydroxyl groups is 1. The smallest absolute Gasteiger partial charge is 0.305 e. The lowest BCUT2D eigenvalue weighted by Gasteiger charge is -2.15. The minimum absolute atomic E-state index is 0.567. The summed E-state index contributed by atoms with van der Waals surface area (Å²) in [6, 6.07) is -2.53. The van der Waals surface area contributed by atoms with E-state index in [4.69, 9.17) is 21.7 Å². The van der Waals surface area contributed by atoms with Gasteiger partial charge in [0, 0.05) is 0 Å². The lowest BCUT2D eigenvalue weighted by atomic mass is 10.2. The van der Waals surface area contributed by atoms with E-state index in [-0.39, 0.29) is 0 Å². The number of carbonyl (C=O) groups excluding carboxylic acids is 2. The number of carbonyl (C=O) groups is 3. The Hall–Kier alpha value is -1.67. The number of aliphatic hydroxyl groups excluding tert-OH is 1. The van der Waals surface area contributed by atoms with Crippen molar-refractivity contribution in [1.29, 1.82) is 0 Å². The maximum atomic E-state index is 11.1. The van der Waals surface area contributed by atoms with Crippen LogP contribution < -0.4 is 16.8 Å². The zero-order valence-corrected chi connectivity index (χ0v) is 7.84. The van der Waals surface area contributed by atoms with Crippen molar-refractivity contribution < 1.29 is 24.6 Å². The Morgan fingerprint density at radius 3 is 2.20 bits per heavy atom. The molecule has 0 fully saturated rings. The Morgan fingerprint density at radius 1 is 1.33 bits per heavy atom. The number of amides is 2. The third-order valence-electron chi connectivity index (χ3n) is 1.57. The average molecular weight is 219 g/mol. The molecule has 0 saturated carbocycles. The number of carboxylic acids is 1. The van der Waals surface area contributed by atoms with Crippen LogP contribution in [-0.4, -0.2) is 46.7 Å². The Bertz CT molecular complexity index is 267. The molecule has 0 aromatic rings. The van der Waals surface area contributed by atoms with E-state index in [9.17, 15) is 14.4 Å². The fraction of sp³-hybridized carbons (Fsp3) is 0.571. The van der Waals surface area contributed by atoms with Gasteiger partial charge in [0.1, 0.15) is 6.04 Å². The van der Waals surface area contributed by atoms with Crippen LogP contribution in [0.25, 0.3) is 0 Å². The van der Waals surface area contributed by atoms with Gasteiger partial charge in [-0.15, -0.1) is 0 Å². The maximum Gasteiger partial charge on any atom is 0.305 e. The molecule has 7 N–H and O–H groups in total. The second kappa shape index (κ2) is 5.94. The molecule has 0 aliphatic carbocycles. The van der Waals surface area contributed by atoms with E-state index in [2.05, 4.69) is 0 Å². The summed E-state index contributed by atoms with van der Waals surface area (Å²) in [5.74, 6) is -3.01. The van der Waals surface area contributed by atoms with E-state index in [0.717, 1.165) is 0 Å². The van der Waals surface area contributed by atoms with Crippen LogP contribution in [-0.2, 0) is 14.4 Å². The molecule has 0 spiro atoms. The molecule has 2 unspecified atom stereocenters. The molecule has 0 heterocycles. The van der Waals surface area contributed by atoms with Crippen molar-refractivity contribution in [1.82, 2.24) is 5.32 Å². The van der Waals surface area contributed by atoms with Gasteiger partial charge in [-0.2, -0.15) is 0 Å². The summed E-state index contributed by atoms with van der Waals surface area (Å²) in [6.07, 6.45) is -0.567. The number of nitrogens with two attached hydrogens (primary N) is 2. The van der Waals surface area contributed by atoms with Gasteiger partial charge in [0.05, 0.1) is 19.1 Å². The van der Waals surface area contributed by atoms with Gasteiger partial charge in [-0.25, -0.2) is 0 Å². The van der Waals surface area contributed by atoms with E-state index in [1.807, 2.05) is 5.32 Å². The van der Waals surface area contributed by atoms with Gasteiger partial charge in [-0.3, -0.25) is 14.4 Å². The van der Waals surface area contributed by atoms with Gasteiger partial charge in [-0.1, -0.05) is 0 Å². The van der Waals surface area contributed by atoms with Crippen molar-refractivity contribution in [2.45, 2.75) is 18.5 Å². The van der Waals surface area contributed by atoms with Gasteiger partial charge in [0.15, 0.2) is 0 Å². The number of hydrogen-bond acceptors (Lipinski definition) is 5. The summed E-state index contributed by atoms with van der Waals surface area (Å²) in [5, 5.41) is 19.0. The van der Waals surface area contributed by atoms with Crippen LogP contribution in [0.5, 0.6) is 0 Å². The van der Waals surface area contributed by atoms with Crippen LogP contribution in [0.4, 0.5) is 0 Å². The Kier molecular flexibility index (Phi) is 5.27. The summed E-state index contributed by atoms with van der Waals surface area (Å²) in [6.45, 7) is -0.666. The molecule has 0 rings (SSSR count). The van der Waals surface area contributed by atoms with Crippen molar-refractivity contribution in [2.75, 3.05) is 6.61 Å². The number of rotatable bonds is 6. The lowest BCUT2D eigenvalue weighted by Crippen LogP contribution is -2.52. The lowest BCUT2D eigenvalue weighted by molar-refractivity contribution is -0.139. The van der Waals surface area contributed by atoms with Crippen molar-refractivity contribution in [3.8, 4) is 0 Å². The zero-order valence-electron chi connectivity index (χ0n) is 7.84. The first kappa shape index (κ1) is 13.3. The molecule has 0 saturated heterocycles. The number of hydrogen-bond donors (Lipinski definition) is 5. The molecule has 0 bridgehead atoms. The summed E-state index contributed by atoms with van der Waals surface area (Å²) >= 11 is 0. The van der Waals surface area contributed by atoms with Crippen molar-refractivity contribution in [3.63, 3.8) is 0 Å². The van der Waals surface area contributed by atoms with E-state index < -0.39 is 42.9 Å². The van der Waals surface area contributed by atoms with Crippen LogP contribution in [0.15, 0.2) is 0 Å². The molecule has 86 valence electrons. The second-order valence-electron chi connectivity index (χ2n) is 2.85. The van der Waals surface area contributed by atoms with E-state index in [0.29, 0.717) is 0 Å². The average Bonchev–Trinajstić information content (AvgIpc) is 2.11. The van der Waals surface area contributed by atoms with E-state index >= 15 is 0 Å². The normalized spacial score (nSPS) is 14.0. The topological polar surface area (TPSA) is 156 Å². The summed E-state index contributed by atoms with van der Waals surface area (Å²) in [7, 11) is 0. The van der Waals surface area contributed by atoms with Crippen molar-refractivity contribution in [3.05, 3.63) is 0 Å². The molecule has 2 amide bonds. The maximum absolute atomic E-state index is 11.1. The van der Waals surface area contributed by atoms with Gasteiger partial charge >= 0.3 is 5.97 Å². The molecule has 8 nitrogen and oxygen atoms in total. The van der Waals surface area contributed by atoms with E-state index in [1.165, 1.54) is 0 Å². The molecule has 2 atom stereocenters. The minimum atomic E-state index is -1.28. The second-order valence-corrected chi connectivity index (χ2v) is 2.85. The minimum Gasteiger partial charge on any atom is -0.481 e. The first-order chi connectivity index (χ1) is 6.88. The molecular formula is C7H13N3O5. The number of nitrogens with one attached hydrogen (secondary N) is 1. The third-order valence-corrected chi connectivity index (χ3v) is 1.57. The molecule has 15 heavy (non-hydrogen) atoms. The first-order valence-electron chi connectivity index (χ1n) is 4.06. The Morgan fingerprint density at radius 2 is 1.87 bits per heavy atom. The third kappa shape index (κ3) is 4.93. The zero-order chi connectivity index (χ0) is 12.0. The molecule has 8 heteroatoms. The highest BCUT2D eigenvalue weighted by atomic mass is 16.4. The summed E-state index contributed by atoms with van der Waals surface area (Å²) in [4.78, 5) is 31.9. The van der Waals surface area contributed by atoms with Gasteiger partial charge in [0.2, 0.25) is 11.8 Å². The molecular weight excluding hydrogens is 206 g/mol. The highest BCUT2D eigenvalue weighted by Gasteiger charge is 2.22. The molecule has 0 aliphatic rings. The van der Waals surface area contributed by atoms with Crippen molar-refractivity contribution in [2.24, 2.45) is 11.5 Å². The first-order valence-corrected chi connectivity index (χ1v) is 4.06. The quantitative estimate of drug-likeness (QED) is 0.316. The Balaban J connectivity index is 4.21. The van der Waals surface area contributed by atoms with Crippen LogP contribution in [0, 0.1) is 0 Å². The fourth-order valence-electron chi connectivity index (χ4n) is 0.766. The van der Waals surface area contributed by atoms with Crippen LogP contribution in [0.3, 0.4) is 0 Å². The molecule has 0 radical (unpaired) electrons. The van der Waals surface area contributed by atoms with Crippen LogP contribution in [0.2, 0.25) is 0 Å². The fourth-order valence-corrected chi connectivity index (χ4v) is 0.766. The van der Waals surface area contributed by atoms with Gasteiger partial charge < -0.3 is 27.0 Å². The number of carboxylic acid groups (broad SMARTS) is 1. The van der Waals surface area contributed by atoms with Crippen molar-refractivity contribution >= 4 is 17.8 Å². The predicted octanol–water partition coefficient (Wildman–Crippen LogP) is -3.25. The largest absolute Gasteiger partial charge is 0.481 e. The summed E-state index contributed by atoms with van der Waals surface area (Å²) in [5.41, 5.74) is 10.0. The van der Waals surface area contributed by atoms with Gasteiger partial charge in [0.25, 0.3) is 0 Å². The molecule has 0 aliphatic heterocycles. The SMILES string of the molecule is NC(=O)C(CO)NC(=O)C(N)CC(=O)O. The monoisotopic (exact) mass is 219 g/mol. The Labute approximate surface area is 85.2 Å². The predicted molar refractivity (Wildman–Crippen MR) is 48.4 cm³/mol. The number of aliphatic carboxylic acids is 1. The highest BCUT2D eigenvalue weighted by molar-refractivity contribution is 5.90. The van der Waals surface area contributed by atoms with E-state index in [1.54, 1.807) is 0 Å². The molecule has 0 aromatic heterocycles. The molecule has 0 aromatic carbocycles. The summed E-state index contributed by atoms with van der Waals surface area (Å²) < 4.78 is 0. The number of primary amides is 1. The highest BCUT2D eigenvalue weighted by Crippen LogP contribution is 1.90. The van der Waals surface area contributed by atoms with Crippen LogP contribution in [0.1, 0.15) is 6.42 Å².